The fraction of sp³-hybridized carbons (Fsp3) is 0.304. The van der Waals surface area contributed by atoms with Crippen molar-refractivity contribution in [3.8, 4) is 17.0 Å². The molecule has 36 heavy (non-hydrogen) atoms. The molecule has 0 aliphatic heterocycles. The maximum Gasteiger partial charge on any atom is 0.273 e. The van der Waals surface area contributed by atoms with E-state index in [9.17, 15) is 14.4 Å². The number of hydrogen-bond acceptors (Lipinski definition) is 10. The van der Waals surface area contributed by atoms with Crippen LogP contribution in [0.1, 0.15) is 33.8 Å². The molecule has 3 aromatic rings. The fourth-order valence-corrected chi connectivity index (χ4v) is 3.29. The van der Waals surface area contributed by atoms with Gasteiger partial charge in [-0.3, -0.25) is 19.4 Å². The minimum Gasteiger partial charge on any atom is -0.492 e. The van der Waals surface area contributed by atoms with Crippen molar-refractivity contribution >= 4 is 35.0 Å². The number of nitrogens with zero attached hydrogens (tertiary/aromatic N) is 6. The zero-order chi connectivity index (χ0) is 25.8. The number of methoxy groups -OCH3 is 1. The molecule has 13 heteroatoms. The summed E-state index contributed by atoms with van der Waals surface area (Å²) in [7, 11) is 6.20. The van der Waals surface area contributed by atoms with Crippen molar-refractivity contribution in [3.05, 3.63) is 42.1 Å². The number of nitrogens with one attached hydrogen (secondary N) is 3. The quantitative estimate of drug-likeness (QED) is 0.420. The van der Waals surface area contributed by atoms with Crippen LogP contribution in [0.5, 0.6) is 5.75 Å². The van der Waals surface area contributed by atoms with Crippen LogP contribution in [0.4, 0.5) is 17.3 Å². The summed E-state index contributed by atoms with van der Waals surface area (Å²) >= 11 is 0. The van der Waals surface area contributed by atoms with Crippen LogP contribution in [-0.2, 0) is 4.79 Å². The number of carbonyl (C=O) groups is 3. The van der Waals surface area contributed by atoms with E-state index in [1.807, 2.05) is 0 Å². The largest absolute Gasteiger partial charge is 0.492 e. The molecular formula is C23H25N9O4. The molecule has 1 fully saturated rings. The first-order chi connectivity index (χ1) is 17.3. The van der Waals surface area contributed by atoms with Gasteiger partial charge in [-0.1, -0.05) is 0 Å². The van der Waals surface area contributed by atoms with Gasteiger partial charge >= 0.3 is 0 Å². The van der Waals surface area contributed by atoms with E-state index in [4.69, 9.17) is 4.74 Å². The number of hydrogen-bond donors (Lipinski definition) is 3. The molecule has 4 rings (SSSR count). The Balaban J connectivity index is 1.68. The molecule has 3 amide bonds. The zero-order valence-electron chi connectivity index (χ0n) is 20.2. The number of ether oxygens (including phenoxy) is 1. The Morgan fingerprint density at radius 3 is 2.47 bits per heavy atom. The van der Waals surface area contributed by atoms with E-state index in [2.05, 4.69) is 41.1 Å². The smallest absolute Gasteiger partial charge is 0.273 e. The minimum absolute atomic E-state index is 0.00233. The standard InChI is InChI=1S/C23H25N9O4/c1-24-22(34)18-14(9-17(30-31-18)29-21(33)12-5-6-12)28-20-19(36-4)13(7-8-25-20)15-10-27-16(11-26-15)23(35)32(2)3/h7-12H,5-6H2,1-4H3,(H,24,34)(H2,25,28,29,30,33). The highest BCUT2D eigenvalue weighted by Crippen LogP contribution is 2.36. The van der Waals surface area contributed by atoms with Gasteiger partial charge < -0.3 is 25.6 Å². The van der Waals surface area contributed by atoms with Crippen LogP contribution in [-0.4, -0.2) is 76.0 Å². The predicted molar refractivity (Wildman–Crippen MR) is 130 cm³/mol. The van der Waals surface area contributed by atoms with E-state index in [-0.39, 0.29) is 46.4 Å². The van der Waals surface area contributed by atoms with Crippen LogP contribution in [0.3, 0.4) is 0 Å². The number of pyridine rings is 1. The molecule has 0 atom stereocenters. The maximum absolute atomic E-state index is 12.4. The first-order valence-electron chi connectivity index (χ1n) is 11.1. The summed E-state index contributed by atoms with van der Waals surface area (Å²) in [6.07, 6.45) is 6.05. The number of anilines is 3. The van der Waals surface area contributed by atoms with Crippen LogP contribution >= 0.6 is 0 Å². The van der Waals surface area contributed by atoms with Crippen molar-refractivity contribution in [2.45, 2.75) is 12.8 Å². The topological polar surface area (TPSA) is 164 Å². The lowest BCUT2D eigenvalue weighted by Gasteiger charge is -2.16. The normalized spacial score (nSPS) is 12.4. The second-order valence-corrected chi connectivity index (χ2v) is 8.19. The summed E-state index contributed by atoms with van der Waals surface area (Å²) in [4.78, 5) is 51.0. The van der Waals surface area contributed by atoms with Crippen LogP contribution in [0, 0.1) is 5.92 Å². The lowest BCUT2D eigenvalue weighted by Crippen LogP contribution is -2.23. The number of amides is 3. The second kappa shape index (κ2) is 10.3. The molecular weight excluding hydrogens is 466 g/mol. The highest BCUT2D eigenvalue weighted by atomic mass is 16.5. The molecule has 0 bridgehead atoms. The number of rotatable bonds is 8. The van der Waals surface area contributed by atoms with Gasteiger partial charge in [0.15, 0.2) is 23.1 Å². The molecule has 3 N–H and O–H groups in total. The Labute approximate surface area is 206 Å². The Bertz CT molecular complexity index is 1310. The molecule has 1 aliphatic rings. The van der Waals surface area contributed by atoms with Gasteiger partial charge in [-0.05, 0) is 18.9 Å². The predicted octanol–water partition coefficient (Wildman–Crippen LogP) is 1.49. The van der Waals surface area contributed by atoms with Crippen LogP contribution in [0.2, 0.25) is 0 Å². The first-order valence-corrected chi connectivity index (χ1v) is 11.1. The zero-order valence-corrected chi connectivity index (χ0v) is 20.2. The Hall–Kier alpha value is -4.68. The van der Waals surface area contributed by atoms with Gasteiger partial charge in [-0.2, -0.15) is 0 Å². The summed E-state index contributed by atoms with van der Waals surface area (Å²) < 4.78 is 5.61. The van der Waals surface area contributed by atoms with Crippen LogP contribution < -0.4 is 20.7 Å². The van der Waals surface area contributed by atoms with Gasteiger partial charge in [-0.25, -0.2) is 9.97 Å². The summed E-state index contributed by atoms with van der Waals surface area (Å²) in [5, 5.41) is 16.2. The van der Waals surface area contributed by atoms with E-state index in [0.717, 1.165) is 12.8 Å². The number of aromatic nitrogens is 5. The van der Waals surface area contributed by atoms with Crippen molar-refractivity contribution in [2.75, 3.05) is 38.9 Å². The molecule has 1 aliphatic carbocycles. The van der Waals surface area contributed by atoms with Gasteiger partial charge in [-0.15, -0.1) is 10.2 Å². The second-order valence-electron chi connectivity index (χ2n) is 8.19. The van der Waals surface area contributed by atoms with Crippen molar-refractivity contribution in [2.24, 2.45) is 5.92 Å². The minimum atomic E-state index is -0.479. The van der Waals surface area contributed by atoms with Gasteiger partial charge in [0, 0.05) is 44.9 Å². The third-order valence-electron chi connectivity index (χ3n) is 5.35. The molecule has 3 heterocycles. The summed E-state index contributed by atoms with van der Waals surface area (Å²) in [6.45, 7) is 0. The van der Waals surface area contributed by atoms with Gasteiger partial charge in [0.05, 0.1) is 30.9 Å². The van der Waals surface area contributed by atoms with Crippen molar-refractivity contribution < 1.29 is 19.1 Å². The van der Waals surface area contributed by atoms with E-state index in [1.54, 1.807) is 20.2 Å². The summed E-state index contributed by atoms with van der Waals surface area (Å²) in [6, 6.07) is 3.19. The highest BCUT2D eigenvalue weighted by molar-refractivity contribution is 6.00. The summed E-state index contributed by atoms with van der Waals surface area (Å²) in [5.74, 6) is -0.133. The van der Waals surface area contributed by atoms with E-state index in [1.165, 1.54) is 43.7 Å². The first kappa shape index (κ1) is 24.4. The molecule has 13 nitrogen and oxygen atoms in total. The monoisotopic (exact) mass is 491 g/mol. The Morgan fingerprint density at radius 1 is 1.08 bits per heavy atom. The average Bonchev–Trinajstić information content (AvgIpc) is 3.74. The third-order valence-corrected chi connectivity index (χ3v) is 5.35. The van der Waals surface area contributed by atoms with Crippen LogP contribution in [0.15, 0.2) is 30.7 Å². The summed E-state index contributed by atoms with van der Waals surface area (Å²) in [5.41, 5.74) is 1.47. The Kier molecular flexibility index (Phi) is 6.99. The lowest BCUT2D eigenvalue weighted by atomic mass is 10.1. The molecule has 0 spiro atoms. The molecule has 0 radical (unpaired) electrons. The molecule has 1 saturated carbocycles. The molecule has 0 unspecified atom stereocenters. The van der Waals surface area contributed by atoms with Crippen molar-refractivity contribution in [1.82, 2.24) is 35.4 Å². The van der Waals surface area contributed by atoms with Crippen molar-refractivity contribution in [3.63, 3.8) is 0 Å². The van der Waals surface area contributed by atoms with Crippen LogP contribution in [0.25, 0.3) is 11.3 Å². The highest BCUT2D eigenvalue weighted by Gasteiger charge is 2.30. The van der Waals surface area contributed by atoms with E-state index < -0.39 is 5.91 Å². The van der Waals surface area contributed by atoms with Gasteiger partial charge in [0.2, 0.25) is 5.91 Å². The molecule has 0 saturated heterocycles. The van der Waals surface area contributed by atoms with E-state index in [0.29, 0.717) is 17.0 Å². The van der Waals surface area contributed by atoms with Gasteiger partial charge in [0.25, 0.3) is 11.8 Å². The van der Waals surface area contributed by atoms with Gasteiger partial charge in [0.1, 0.15) is 5.69 Å². The van der Waals surface area contributed by atoms with Crippen molar-refractivity contribution in [1.29, 1.82) is 0 Å². The lowest BCUT2D eigenvalue weighted by molar-refractivity contribution is -0.117. The van der Waals surface area contributed by atoms with E-state index >= 15 is 0 Å². The Morgan fingerprint density at radius 2 is 1.86 bits per heavy atom. The molecule has 0 aromatic carbocycles. The molecule has 186 valence electrons. The fourth-order valence-electron chi connectivity index (χ4n) is 3.29. The maximum atomic E-state index is 12.4. The molecule has 3 aromatic heterocycles. The number of carbonyl (C=O) groups excluding carboxylic acids is 3. The SMILES string of the molecule is CNC(=O)c1nnc(NC(=O)C2CC2)cc1Nc1nccc(-c2cnc(C(=O)N(C)C)cn2)c1OC. The average molecular weight is 492 g/mol. The third kappa shape index (κ3) is 5.19.